The Bertz CT molecular complexity index is 662. The maximum Gasteiger partial charge on any atom is 0.311 e. The summed E-state index contributed by atoms with van der Waals surface area (Å²) in [6.45, 7) is 8.66. The Balaban J connectivity index is 1.80. The van der Waals surface area contributed by atoms with Crippen LogP contribution in [0.15, 0.2) is 29.6 Å². The van der Waals surface area contributed by atoms with Crippen LogP contribution in [-0.4, -0.2) is 24.2 Å². The molecule has 24 heavy (non-hydrogen) atoms. The zero-order valence-corrected chi connectivity index (χ0v) is 15.6. The smallest absolute Gasteiger partial charge is 0.311 e. The van der Waals surface area contributed by atoms with Gasteiger partial charge in [-0.2, -0.15) is 0 Å². The maximum absolute atomic E-state index is 11.8. The Hall–Kier alpha value is -1.88. The predicted octanol–water partition coefficient (Wildman–Crippen LogP) is 4.87. The van der Waals surface area contributed by atoms with Crippen molar-refractivity contribution in [1.82, 2.24) is 4.98 Å². The van der Waals surface area contributed by atoms with E-state index >= 15 is 0 Å². The fourth-order valence-corrected chi connectivity index (χ4v) is 2.97. The molecule has 4 nitrogen and oxygen atoms in total. The van der Waals surface area contributed by atoms with Crippen molar-refractivity contribution in [2.24, 2.45) is 5.41 Å². The summed E-state index contributed by atoms with van der Waals surface area (Å²) in [5.74, 6) is 0.688. The average molecular weight is 347 g/mol. The molecule has 1 aromatic carbocycles. The molecule has 0 radical (unpaired) electrons. The molecule has 0 fully saturated rings. The monoisotopic (exact) mass is 347 g/mol. The molecule has 0 spiro atoms. The van der Waals surface area contributed by atoms with E-state index in [0.29, 0.717) is 13.2 Å². The zero-order valence-electron chi connectivity index (χ0n) is 14.8. The van der Waals surface area contributed by atoms with Crippen molar-refractivity contribution >= 4 is 17.3 Å². The van der Waals surface area contributed by atoms with Gasteiger partial charge in [0.05, 0.1) is 29.3 Å². The minimum absolute atomic E-state index is 0.145. The van der Waals surface area contributed by atoms with Gasteiger partial charge >= 0.3 is 5.97 Å². The van der Waals surface area contributed by atoms with Crippen molar-refractivity contribution in [2.45, 2.75) is 40.5 Å². The lowest BCUT2D eigenvalue weighted by molar-refractivity contribution is -0.153. The van der Waals surface area contributed by atoms with Crippen LogP contribution >= 0.6 is 11.3 Å². The third kappa shape index (κ3) is 5.06. The number of benzene rings is 1. The van der Waals surface area contributed by atoms with Gasteiger partial charge in [-0.15, -0.1) is 11.3 Å². The number of nitrogens with zero attached hydrogens (tertiary/aromatic N) is 1. The van der Waals surface area contributed by atoms with E-state index in [1.54, 1.807) is 11.3 Å². The molecule has 5 heteroatoms. The molecule has 0 N–H and O–H groups in total. The minimum Gasteiger partial charge on any atom is -0.494 e. The highest BCUT2D eigenvalue weighted by Gasteiger charge is 2.28. The SMILES string of the molecule is CCOC(=O)C(C)(C)CCCOc1ccc(-c2csc(C)n2)cc1. The number of rotatable bonds is 8. The van der Waals surface area contributed by atoms with Gasteiger partial charge in [-0.05, 0) is 64.8 Å². The molecule has 0 amide bonds. The zero-order chi connectivity index (χ0) is 17.6. The van der Waals surface area contributed by atoms with Crippen LogP contribution in [-0.2, 0) is 9.53 Å². The van der Waals surface area contributed by atoms with Crippen LogP contribution in [0.5, 0.6) is 5.75 Å². The third-order valence-corrected chi connectivity index (χ3v) is 4.59. The summed E-state index contributed by atoms with van der Waals surface area (Å²) in [7, 11) is 0. The first-order valence-electron chi connectivity index (χ1n) is 8.25. The molecule has 0 saturated carbocycles. The van der Waals surface area contributed by atoms with Crippen LogP contribution in [0.1, 0.15) is 38.6 Å². The lowest BCUT2D eigenvalue weighted by Crippen LogP contribution is -2.27. The normalized spacial score (nSPS) is 11.3. The van der Waals surface area contributed by atoms with Gasteiger partial charge in [0.25, 0.3) is 0 Å². The molecule has 0 aliphatic heterocycles. The van der Waals surface area contributed by atoms with E-state index in [4.69, 9.17) is 9.47 Å². The van der Waals surface area contributed by atoms with Gasteiger partial charge in [0.2, 0.25) is 0 Å². The average Bonchev–Trinajstić information content (AvgIpc) is 2.99. The number of carbonyl (C=O) groups is 1. The van der Waals surface area contributed by atoms with E-state index < -0.39 is 5.41 Å². The molecule has 2 rings (SSSR count). The second-order valence-corrected chi connectivity index (χ2v) is 7.39. The number of thiazole rings is 1. The summed E-state index contributed by atoms with van der Waals surface area (Å²) in [6.07, 6.45) is 1.54. The van der Waals surface area contributed by atoms with E-state index in [9.17, 15) is 4.79 Å². The molecule has 0 aliphatic rings. The number of esters is 1. The molecule has 0 saturated heterocycles. The Labute approximate surface area is 147 Å². The van der Waals surface area contributed by atoms with Gasteiger partial charge in [-0.25, -0.2) is 4.98 Å². The summed E-state index contributed by atoms with van der Waals surface area (Å²) in [6, 6.07) is 7.96. The van der Waals surface area contributed by atoms with Crippen molar-refractivity contribution in [1.29, 1.82) is 0 Å². The van der Waals surface area contributed by atoms with Gasteiger partial charge in [0.15, 0.2) is 0 Å². The molecule has 130 valence electrons. The quantitative estimate of drug-likeness (QED) is 0.505. The fourth-order valence-electron chi connectivity index (χ4n) is 2.35. The summed E-state index contributed by atoms with van der Waals surface area (Å²) < 4.78 is 10.9. The number of aromatic nitrogens is 1. The van der Waals surface area contributed by atoms with Crippen molar-refractivity contribution in [3.63, 3.8) is 0 Å². The highest BCUT2D eigenvalue weighted by atomic mass is 32.1. The van der Waals surface area contributed by atoms with Crippen LogP contribution in [0, 0.1) is 12.3 Å². The van der Waals surface area contributed by atoms with E-state index in [1.807, 2.05) is 52.0 Å². The first-order valence-corrected chi connectivity index (χ1v) is 9.13. The van der Waals surface area contributed by atoms with Crippen LogP contribution in [0.4, 0.5) is 0 Å². The van der Waals surface area contributed by atoms with Crippen molar-refractivity contribution < 1.29 is 14.3 Å². The van der Waals surface area contributed by atoms with E-state index in [1.165, 1.54) is 0 Å². The number of hydrogen-bond acceptors (Lipinski definition) is 5. The number of carbonyl (C=O) groups excluding carboxylic acids is 1. The minimum atomic E-state index is -0.467. The summed E-state index contributed by atoms with van der Waals surface area (Å²) in [4.78, 5) is 16.3. The van der Waals surface area contributed by atoms with E-state index in [-0.39, 0.29) is 5.97 Å². The second kappa shape index (κ2) is 8.29. The Morgan fingerprint density at radius 3 is 2.54 bits per heavy atom. The van der Waals surface area contributed by atoms with E-state index in [2.05, 4.69) is 10.4 Å². The van der Waals surface area contributed by atoms with Gasteiger partial charge in [0.1, 0.15) is 5.75 Å². The predicted molar refractivity (Wildman–Crippen MR) is 97.4 cm³/mol. The van der Waals surface area contributed by atoms with Crippen molar-refractivity contribution in [2.75, 3.05) is 13.2 Å². The summed E-state index contributed by atoms with van der Waals surface area (Å²) >= 11 is 1.65. The van der Waals surface area contributed by atoms with Gasteiger partial charge in [-0.3, -0.25) is 4.79 Å². The first kappa shape index (κ1) is 18.5. The fraction of sp³-hybridized carbons (Fsp3) is 0.474. The maximum atomic E-state index is 11.8. The van der Waals surface area contributed by atoms with E-state index in [0.717, 1.165) is 34.9 Å². The molecule has 0 bridgehead atoms. The third-order valence-electron chi connectivity index (χ3n) is 3.81. The van der Waals surface area contributed by atoms with Crippen molar-refractivity contribution in [3.05, 3.63) is 34.7 Å². The Morgan fingerprint density at radius 2 is 1.96 bits per heavy atom. The molecule has 2 aromatic rings. The van der Waals surface area contributed by atoms with Gasteiger partial charge in [-0.1, -0.05) is 0 Å². The summed E-state index contributed by atoms with van der Waals surface area (Å²) in [5, 5.41) is 3.12. The van der Waals surface area contributed by atoms with Gasteiger partial charge in [0, 0.05) is 10.9 Å². The molecule has 0 unspecified atom stereocenters. The van der Waals surface area contributed by atoms with Crippen LogP contribution < -0.4 is 4.74 Å². The molecule has 1 aromatic heterocycles. The first-order chi connectivity index (χ1) is 11.4. The number of ether oxygens (including phenoxy) is 2. The van der Waals surface area contributed by atoms with Crippen LogP contribution in [0.25, 0.3) is 11.3 Å². The highest BCUT2D eigenvalue weighted by Crippen LogP contribution is 2.26. The largest absolute Gasteiger partial charge is 0.494 e. The topological polar surface area (TPSA) is 48.4 Å². The Kier molecular flexibility index (Phi) is 6.37. The van der Waals surface area contributed by atoms with Crippen LogP contribution in [0.3, 0.4) is 0 Å². The highest BCUT2D eigenvalue weighted by molar-refractivity contribution is 7.09. The standard InChI is InChI=1S/C19H25NO3S/c1-5-22-18(21)19(3,4)11-6-12-23-16-9-7-15(8-10-16)17-13-24-14(2)20-17/h7-10,13H,5-6,11-12H2,1-4H3. The molecule has 1 heterocycles. The Morgan fingerprint density at radius 1 is 1.25 bits per heavy atom. The van der Waals surface area contributed by atoms with Gasteiger partial charge < -0.3 is 9.47 Å². The molecule has 0 atom stereocenters. The second-order valence-electron chi connectivity index (χ2n) is 6.33. The molecular weight excluding hydrogens is 322 g/mol. The summed E-state index contributed by atoms with van der Waals surface area (Å²) in [5.41, 5.74) is 1.63. The lowest BCUT2D eigenvalue weighted by atomic mass is 9.88. The molecule has 0 aliphatic carbocycles. The lowest BCUT2D eigenvalue weighted by Gasteiger charge is -2.22. The number of hydrogen-bond donors (Lipinski definition) is 0. The molecular formula is C19H25NO3S. The van der Waals surface area contributed by atoms with Crippen LogP contribution in [0.2, 0.25) is 0 Å². The number of aryl methyl sites for hydroxylation is 1. The van der Waals surface area contributed by atoms with Crippen molar-refractivity contribution in [3.8, 4) is 17.0 Å².